The van der Waals surface area contributed by atoms with E-state index in [9.17, 15) is 0 Å². The number of hydrogen-bond acceptors (Lipinski definition) is 3. The van der Waals surface area contributed by atoms with Crippen molar-refractivity contribution in [2.24, 2.45) is 24.3 Å². The highest BCUT2D eigenvalue weighted by atomic mass is 32.1. The third kappa shape index (κ3) is 1.96. The van der Waals surface area contributed by atoms with Crippen molar-refractivity contribution in [1.82, 2.24) is 4.57 Å². The van der Waals surface area contributed by atoms with Gasteiger partial charge in [-0.05, 0) is 29.4 Å². The molecule has 0 aliphatic rings. The van der Waals surface area contributed by atoms with Crippen LogP contribution in [-0.4, -0.2) is 4.57 Å². The van der Waals surface area contributed by atoms with E-state index in [2.05, 4.69) is 40.9 Å². The molecule has 0 amide bonds. The molecule has 0 N–H and O–H groups in total. The summed E-state index contributed by atoms with van der Waals surface area (Å²) in [5.41, 5.74) is 3.26. The summed E-state index contributed by atoms with van der Waals surface area (Å²) in [5, 5.41) is 12.8. The zero-order valence-electron chi connectivity index (χ0n) is 11.2. The van der Waals surface area contributed by atoms with E-state index in [1.807, 2.05) is 35.3 Å². The van der Waals surface area contributed by atoms with Crippen molar-refractivity contribution in [3.8, 4) is 0 Å². The van der Waals surface area contributed by atoms with Gasteiger partial charge in [0.25, 0.3) is 0 Å². The second-order valence-corrected chi connectivity index (χ2v) is 5.38. The fourth-order valence-corrected chi connectivity index (χ4v) is 2.82. The predicted molar refractivity (Wildman–Crippen MR) is 77.3 cm³/mol. The van der Waals surface area contributed by atoms with Gasteiger partial charge < -0.3 is 4.57 Å². The number of aromatic nitrogens is 2. The Kier molecular flexibility index (Phi) is 2.91. The summed E-state index contributed by atoms with van der Waals surface area (Å²) >= 11 is 1.58. The van der Waals surface area contributed by atoms with Crippen molar-refractivity contribution in [3.63, 3.8) is 0 Å². The van der Waals surface area contributed by atoms with Gasteiger partial charge in [0.2, 0.25) is 0 Å². The van der Waals surface area contributed by atoms with Crippen molar-refractivity contribution in [2.75, 3.05) is 0 Å². The SMILES string of the molecule is Cc1c(N=Nc2scc[n+]2C)c2ccccc2n1C. The van der Waals surface area contributed by atoms with Gasteiger partial charge in [-0.1, -0.05) is 18.2 Å². The number of azo groups is 1. The third-order valence-corrected chi connectivity index (χ3v) is 4.20. The number of fused-ring (bicyclic) bond motifs is 1. The molecule has 3 aromatic rings. The molecular weight excluding hydrogens is 256 g/mol. The number of benzene rings is 1. The topological polar surface area (TPSA) is 33.5 Å². The van der Waals surface area contributed by atoms with Gasteiger partial charge in [0, 0.05) is 23.5 Å². The average molecular weight is 271 g/mol. The Morgan fingerprint density at radius 3 is 2.74 bits per heavy atom. The van der Waals surface area contributed by atoms with Crippen LogP contribution in [0, 0.1) is 6.92 Å². The maximum Gasteiger partial charge on any atom is 0.408 e. The molecular formula is C14H15N4S+. The first-order valence-corrected chi connectivity index (χ1v) is 6.95. The second-order valence-electron chi connectivity index (χ2n) is 4.51. The van der Waals surface area contributed by atoms with E-state index in [4.69, 9.17) is 0 Å². The quantitative estimate of drug-likeness (QED) is 0.502. The minimum absolute atomic E-state index is 0.896. The van der Waals surface area contributed by atoms with Crippen LogP contribution in [0.4, 0.5) is 10.8 Å². The maximum absolute atomic E-state index is 4.45. The fourth-order valence-electron chi connectivity index (χ4n) is 2.14. The van der Waals surface area contributed by atoms with E-state index in [1.165, 1.54) is 5.52 Å². The molecule has 0 spiro atoms. The first kappa shape index (κ1) is 12.0. The molecule has 0 unspecified atom stereocenters. The molecule has 2 heterocycles. The molecule has 19 heavy (non-hydrogen) atoms. The maximum atomic E-state index is 4.45. The van der Waals surface area contributed by atoms with Crippen LogP contribution in [-0.2, 0) is 14.1 Å². The molecule has 0 aliphatic heterocycles. The number of hydrogen-bond donors (Lipinski definition) is 0. The molecule has 0 aliphatic carbocycles. The minimum Gasteiger partial charge on any atom is -0.346 e. The number of thiazole rings is 1. The smallest absolute Gasteiger partial charge is 0.346 e. The molecule has 0 saturated heterocycles. The van der Waals surface area contributed by atoms with Gasteiger partial charge in [0.15, 0.2) is 0 Å². The molecule has 0 bridgehead atoms. The highest BCUT2D eigenvalue weighted by Crippen LogP contribution is 2.33. The normalized spacial score (nSPS) is 11.7. The number of aryl methyl sites for hydroxylation is 2. The van der Waals surface area contributed by atoms with Gasteiger partial charge in [-0.25, -0.2) is 4.57 Å². The van der Waals surface area contributed by atoms with E-state index in [0.29, 0.717) is 0 Å². The van der Waals surface area contributed by atoms with Gasteiger partial charge in [-0.15, -0.1) is 0 Å². The Bertz CT molecular complexity index is 767. The Labute approximate surface area is 115 Å². The Morgan fingerprint density at radius 2 is 2.00 bits per heavy atom. The van der Waals surface area contributed by atoms with Crippen LogP contribution in [0.5, 0.6) is 0 Å². The summed E-state index contributed by atoms with van der Waals surface area (Å²) < 4.78 is 4.12. The standard InChI is InChI=1S/C14H15N4S/c1-10-13(15-16-14-17(2)8-9-19-14)11-6-4-5-7-12(11)18(10)3/h4-9H,1-3H3/q+1. The predicted octanol–water partition coefficient (Wildman–Crippen LogP) is 3.79. The first-order chi connectivity index (χ1) is 9.18. The number of rotatable bonds is 2. The van der Waals surface area contributed by atoms with E-state index < -0.39 is 0 Å². The zero-order chi connectivity index (χ0) is 13.4. The molecule has 0 atom stereocenters. The Morgan fingerprint density at radius 1 is 1.21 bits per heavy atom. The van der Waals surface area contributed by atoms with Crippen molar-refractivity contribution < 1.29 is 4.57 Å². The van der Waals surface area contributed by atoms with Crippen LogP contribution in [0.25, 0.3) is 10.9 Å². The summed E-state index contributed by atoms with van der Waals surface area (Å²) in [5.74, 6) is 0. The molecule has 0 fully saturated rings. The molecule has 0 radical (unpaired) electrons. The summed E-state index contributed by atoms with van der Waals surface area (Å²) in [7, 11) is 4.03. The Hall–Kier alpha value is -2.01. The third-order valence-electron chi connectivity index (χ3n) is 3.36. The van der Waals surface area contributed by atoms with Crippen molar-refractivity contribution in [3.05, 3.63) is 41.5 Å². The number of nitrogens with zero attached hydrogens (tertiary/aromatic N) is 4. The van der Waals surface area contributed by atoms with E-state index in [1.54, 1.807) is 11.3 Å². The minimum atomic E-state index is 0.896. The van der Waals surface area contributed by atoms with Gasteiger partial charge in [0.1, 0.15) is 11.9 Å². The Balaban J connectivity index is 2.13. The molecule has 3 rings (SSSR count). The van der Waals surface area contributed by atoms with Crippen molar-refractivity contribution in [1.29, 1.82) is 0 Å². The molecule has 5 heteroatoms. The average Bonchev–Trinajstić information content (AvgIpc) is 2.93. The van der Waals surface area contributed by atoms with Crippen LogP contribution in [0.15, 0.2) is 46.1 Å². The lowest BCUT2D eigenvalue weighted by Crippen LogP contribution is -2.23. The monoisotopic (exact) mass is 271 g/mol. The lowest BCUT2D eigenvalue weighted by atomic mass is 10.2. The summed E-state index contributed by atoms with van der Waals surface area (Å²) in [6, 6.07) is 8.27. The largest absolute Gasteiger partial charge is 0.408 e. The fraction of sp³-hybridized carbons (Fsp3) is 0.214. The van der Waals surface area contributed by atoms with Crippen molar-refractivity contribution >= 4 is 33.1 Å². The molecule has 1 aromatic carbocycles. The van der Waals surface area contributed by atoms with E-state index in [-0.39, 0.29) is 0 Å². The molecule has 0 saturated carbocycles. The van der Waals surface area contributed by atoms with Crippen LogP contribution >= 0.6 is 11.3 Å². The van der Waals surface area contributed by atoms with Crippen LogP contribution in [0.2, 0.25) is 0 Å². The van der Waals surface area contributed by atoms with Crippen molar-refractivity contribution in [2.45, 2.75) is 6.92 Å². The van der Waals surface area contributed by atoms with Gasteiger partial charge in [0.05, 0.1) is 17.7 Å². The lowest BCUT2D eigenvalue weighted by molar-refractivity contribution is -0.654. The van der Waals surface area contributed by atoms with Gasteiger partial charge in [-0.3, -0.25) is 0 Å². The highest BCUT2D eigenvalue weighted by Gasteiger charge is 2.14. The summed E-state index contributed by atoms with van der Waals surface area (Å²) in [6.07, 6.45) is 1.98. The molecule has 96 valence electrons. The molecule has 4 nitrogen and oxygen atoms in total. The second kappa shape index (κ2) is 4.59. The molecule has 2 aromatic heterocycles. The van der Waals surface area contributed by atoms with E-state index in [0.717, 1.165) is 21.9 Å². The van der Waals surface area contributed by atoms with Gasteiger partial charge in [-0.2, -0.15) is 0 Å². The van der Waals surface area contributed by atoms with Crippen LogP contribution in [0.3, 0.4) is 0 Å². The first-order valence-electron chi connectivity index (χ1n) is 6.07. The summed E-state index contributed by atoms with van der Waals surface area (Å²) in [6.45, 7) is 2.07. The van der Waals surface area contributed by atoms with E-state index >= 15 is 0 Å². The zero-order valence-corrected chi connectivity index (χ0v) is 12.0. The lowest BCUT2D eigenvalue weighted by Gasteiger charge is -1.96. The highest BCUT2D eigenvalue weighted by molar-refractivity contribution is 7.12. The van der Waals surface area contributed by atoms with Crippen LogP contribution in [0.1, 0.15) is 5.69 Å². The summed E-state index contributed by atoms with van der Waals surface area (Å²) in [4.78, 5) is 0. The van der Waals surface area contributed by atoms with Gasteiger partial charge >= 0.3 is 5.13 Å². The van der Waals surface area contributed by atoms with Crippen LogP contribution < -0.4 is 4.57 Å². The number of para-hydroxylation sites is 1.